The molecule has 1 aliphatic rings. The fourth-order valence-corrected chi connectivity index (χ4v) is 1.34. The van der Waals surface area contributed by atoms with E-state index in [0.29, 0.717) is 12.6 Å². The van der Waals surface area contributed by atoms with Gasteiger partial charge in [0.2, 0.25) is 0 Å². The van der Waals surface area contributed by atoms with Crippen molar-refractivity contribution in [1.29, 1.82) is 0 Å². The van der Waals surface area contributed by atoms with Crippen molar-refractivity contribution in [3.63, 3.8) is 0 Å². The van der Waals surface area contributed by atoms with Gasteiger partial charge in [-0.3, -0.25) is 0 Å². The van der Waals surface area contributed by atoms with Gasteiger partial charge in [-0.05, 0) is 19.9 Å². The van der Waals surface area contributed by atoms with E-state index in [-0.39, 0.29) is 6.09 Å². The van der Waals surface area contributed by atoms with Crippen LogP contribution in [0.4, 0.5) is 18.0 Å². The molecule has 1 amide bonds. The number of amides is 1. The van der Waals surface area contributed by atoms with Crippen LogP contribution in [0.15, 0.2) is 0 Å². The summed E-state index contributed by atoms with van der Waals surface area (Å²) in [6.45, 7) is 4.14. The normalized spacial score (nSPS) is 18.3. The van der Waals surface area contributed by atoms with E-state index in [1.807, 2.05) is 6.92 Å². The molecule has 0 aromatic carbocycles. The van der Waals surface area contributed by atoms with Crippen LogP contribution < -0.4 is 5.32 Å². The highest BCUT2D eigenvalue weighted by molar-refractivity contribution is 5.73. The summed E-state index contributed by atoms with van der Waals surface area (Å²) in [6.07, 6.45) is -4.28. The van der Waals surface area contributed by atoms with Crippen LogP contribution in [0.3, 0.4) is 0 Å². The zero-order chi connectivity index (χ0) is 15.1. The SMILES string of the molecule is CCOC(=O)N(C)[C@H]1CCNC1.O=C(O)C(F)(F)F. The number of carbonyl (C=O) groups is 2. The average molecular weight is 286 g/mol. The number of alkyl halides is 3. The van der Waals surface area contributed by atoms with E-state index >= 15 is 0 Å². The Hall–Kier alpha value is -1.51. The molecule has 0 radical (unpaired) electrons. The summed E-state index contributed by atoms with van der Waals surface area (Å²) in [4.78, 5) is 21.8. The Labute approximate surface area is 108 Å². The smallest absolute Gasteiger partial charge is 0.475 e. The van der Waals surface area contributed by atoms with Crippen LogP contribution >= 0.6 is 0 Å². The number of aliphatic carboxylic acids is 1. The first kappa shape index (κ1) is 17.5. The molecule has 0 saturated carbocycles. The number of nitrogens with one attached hydrogen (secondary N) is 1. The predicted octanol–water partition coefficient (Wildman–Crippen LogP) is 1.07. The highest BCUT2D eigenvalue weighted by atomic mass is 19.4. The van der Waals surface area contributed by atoms with Crippen molar-refractivity contribution in [3.05, 3.63) is 0 Å². The first-order chi connectivity index (χ1) is 8.70. The summed E-state index contributed by atoms with van der Waals surface area (Å²) in [7, 11) is 1.79. The van der Waals surface area contributed by atoms with Crippen LogP contribution in [0.5, 0.6) is 0 Å². The Balaban J connectivity index is 0.000000399. The Kier molecular flexibility index (Phi) is 7.20. The van der Waals surface area contributed by atoms with Crippen molar-refractivity contribution in [2.75, 3.05) is 26.7 Å². The molecule has 0 aromatic rings. The lowest BCUT2D eigenvalue weighted by atomic mass is 10.2. The Morgan fingerprint density at radius 1 is 1.47 bits per heavy atom. The van der Waals surface area contributed by atoms with Crippen LogP contribution in [0, 0.1) is 0 Å². The highest BCUT2D eigenvalue weighted by Gasteiger charge is 2.38. The topological polar surface area (TPSA) is 78.9 Å². The van der Waals surface area contributed by atoms with E-state index in [9.17, 15) is 18.0 Å². The number of carboxylic acids is 1. The zero-order valence-corrected chi connectivity index (χ0v) is 10.7. The van der Waals surface area contributed by atoms with Crippen molar-refractivity contribution in [1.82, 2.24) is 10.2 Å². The second-order valence-electron chi connectivity index (χ2n) is 3.76. The number of carbonyl (C=O) groups excluding carboxylic acids is 1. The van der Waals surface area contributed by atoms with Crippen LogP contribution in [0.25, 0.3) is 0 Å². The summed E-state index contributed by atoms with van der Waals surface area (Å²) >= 11 is 0. The molecule has 9 heteroatoms. The first-order valence-corrected chi connectivity index (χ1v) is 5.60. The first-order valence-electron chi connectivity index (χ1n) is 5.60. The standard InChI is InChI=1S/C8H16N2O2.C2HF3O2/c1-3-12-8(11)10(2)7-4-5-9-6-7;3-2(4,5)1(6)7/h7,9H,3-6H2,1-2H3;(H,6,7)/t7-;/m0./s1. The fraction of sp³-hybridized carbons (Fsp3) is 0.800. The number of hydrogen-bond acceptors (Lipinski definition) is 4. The molecular weight excluding hydrogens is 269 g/mol. The molecule has 0 bridgehead atoms. The number of halogens is 3. The number of carboxylic acid groups (broad SMARTS) is 1. The average Bonchev–Trinajstić information content (AvgIpc) is 2.81. The Morgan fingerprint density at radius 2 is 2.00 bits per heavy atom. The second-order valence-corrected chi connectivity index (χ2v) is 3.76. The number of hydrogen-bond donors (Lipinski definition) is 2. The quantitative estimate of drug-likeness (QED) is 0.794. The van der Waals surface area contributed by atoms with Crippen LogP contribution in [-0.4, -0.2) is 61.0 Å². The third-order valence-corrected chi connectivity index (χ3v) is 2.38. The molecule has 0 aliphatic carbocycles. The maximum atomic E-state index is 11.2. The van der Waals surface area contributed by atoms with Crippen molar-refractivity contribution in [3.8, 4) is 0 Å². The monoisotopic (exact) mass is 286 g/mol. The highest BCUT2D eigenvalue weighted by Crippen LogP contribution is 2.13. The Bertz CT molecular complexity index is 304. The van der Waals surface area contributed by atoms with E-state index in [1.54, 1.807) is 11.9 Å². The van der Waals surface area contributed by atoms with Crippen molar-refractivity contribution in [2.24, 2.45) is 0 Å². The summed E-state index contributed by atoms with van der Waals surface area (Å²) in [6, 6.07) is 0.309. The van der Waals surface area contributed by atoms with Gasteiger partial charge in [0.1, 0.15) is 0 Å². The van der Waals surface area contributed by atoms with Crippen LogP contribution in [-0.2, 0) is 9.53 Å². The third kappa shape index (κ3) is 6.85. The fourth-order valence-electron chi connectivity index (χ4n) is 1.34. The lowest BCUT2D eigenvalue weighted by molar-refractivity contribution is -0.192. The molecule has 1 fully saturated rings. The maximum absolute atomic E-state index is 11.2. The van der Waals surface area contributed by atoms with E-state index in [0.717, 1.165) is 19.5 Å². The van der Waals surface area contributed by atoms with Gasteiger partial charge in [-0.25, -0.2) is 9.59 Å². The van der Waals surface area contributed by atoms with Gasteiger partial charge < -0.3 is 20.1 Å². The molecule has 1 rings (SSSR count). The molecule has 6 nitrogen and oxygen atoms in total. The lowest BCUT2D eigenvalue weighted by Crippen LogP contribution is -2.38. The lowest BCUT2D eigenvalue weighted by Gasteiger charge is -2.22. The van der Waals surface area contributed by atoms with Crippen molar-refractivity contribution >= 4 is 12.1 Å². The van der Waals surface area contributed by atoms with Gasteiger partial charge in [-0.2, -0.15) is 13.2 Å². The number of nitrogens with zero attached hydrogens (tertiary/aromatic N) is 1. The molecule has 1 heterocycles. The van der Waals surface area contributed by atoms with Gasteiger partial charge in [0.15, 0.2) is 0 Å². The van der Waals surface area contributed by atoms with E-state index in [2.05, 4.69) is 5.32 Å². The molecule has 1 saturated heterocycles. The van der Waals surface area contributed by atoms with Crippen molar-refractivity contribution < 1.29 is 32.6 Å². The van der Waals surface area contributed by atoms with Gasteiger partial charge in [0.05, 0.1) is 6.61 Å². The summed E-state index contributed by atoms with van der Waals surface area (Å²) in [5, 5.41) is 10.3. The number of rotatable bonds is 2. The minimum atomic E-state index is -5.08. The van der Waals surface area contributed by atoms with Gasteiger partial charge in [0, 0.05) is 19.6 Å². The third-order valence-electron chi connectivity index (χ3n) is 2.38. The predicted molar refractivity (Wildman–Crippen MR) is 59.8 cm³/mol. The van der Waals surface area contributed by atoms with Gasteiger partial charge in [-0.15, -0.1) is 0 Å². The molecule has 0 aromatic heterocycles. The van der Waals surface area contributed by atoms with Gasteiger partial charge >= 0.3 is 18.2 Å². The Morgan fingerprint density at radius 3 is 2.32 bits per heavy atom. The van der Waals surface area contributed by atoms with Gasteiger partial charge in [0.25, 0.3) is 0 Å². The minimum absolute atomic E-state index is 0.216. The molecule has 19 heavy (non-hydrogen) atoms. The van der Waals surface area contributed by atoms with Crippen LogP contribution in [0.2, 0.25) is 0 Å². The van der Waals surface area contributed by atoms with Gasteiger partial charge in [-0.1, -0.05) is 0 Å². The minimum Gasteiger partial charge on any atom is -0.475 e. The van der Waals surface area contributed by atoms with Crippen molar-refractivity contribution in [2.45, 2.75) is 25.6 Å². The van der Waals surface area contributed by atoms with E-state index < -0.39 is 12.1 Å². The largest absolute Gasteiger partial charge is 0.490 e. The molecule has 112 valence electrons. The number of ether oxygens (including phenoxy) is 1. The van der Waals surface area contributed by atoms with E-state index in [1.165, 1.54) is 0 Å². The number of likely N-dealkylation sites (N-methyl/N-ethyl adjacent to an activating group) is 1. The summed E-state index contributed by atoms with van der Waals surface area (Å²) in [5.74, 6) is -2.76. The second kappa shape index (κ2) is 7.82. The van der Waals surface area contributed by atoms with E-state index in [4.69, 9.17) is 14.6 Å². The van der Waals surface area contributed by atoms with Crippen LogP contribution in [0.1, 0.15) is 13.3 Å². The molecule has 0 unspecified atom stereocenters. The molecule has 2 N–H and O–H groups in total. The molecule has 0 spiro atoms. The molecule has 1 atom stereocenters. The maximum Gasteiger partial charge on any atom is 0.490 e. The zero-order valence-electron chi connectivity index (χ0n) is 10.7. The molecule has 1 aliphatic heterocycles. The summed E-state index contributed by atoms with van der Waals surface area (Å²) < 4.78 is 36.6. The summed E-state index contributed by atoms with van der Waals surface area (Å²) in [5.41, 5.74) is 0. The molecular formula is C10H17F3N2O4.